The zero-order valence-electron chi connectivity index (χ0n) is 9.72. The van der Waals surface area contributed by atoms with Crippen LogP contribution in [0.3, 0.4) is 0 Å². The fraction of sp³-hybridized carbons (Fsp3) is 0.667. The van der Waals surface area contributed by atoms with Crippen LogP contribution in [-0.2, 0) is 6.42 Å². The number of halogens is 1. The zero-order chi connectivity index (χ0) is 11.3. The second kappa shape index (κ2) is 6.66. The van der Waals surface area contributed by atoms with Crippen LogP contribution in [0, 0.1) is 11.8 Å². The molecular formula is C12H20BrNS. The molecule has 0 saturated heterocycles. The number of nitrogens with one attached hydrogen (secondary N) is 1. The van der Waals surface area contributed by atoms with Crippen molar-refractivity contribution in [3.8, 4) is 0 Å². The molecule has 0 aliphatic carbocycles. The van der Waals surface area contributed by atoms with Gasteiger partial charge in [-0.3, -0.25) is 0 Å². The van der Waals surface area contributed by atoms with Crippen LogP contribution in [0.15, 0.2) is 15.9 Å². The lowest BCUT2D eigenvalue weighted by molar-refractivity contribution is 0.365. The second-order valence-corrected chi connectivity index (χ2v) is 6.16. The van der Waals surface area contributed by atoms with Gasteiger partial charge >= 0.3 is 0 Å². The third kappa shape index (κ3) is 4.66. The van der Waals surface area contributed by atoms with Crippen molar-refractivity contribution in [2.45, 2.75) is 27.2 Å². The molecule has 1 atom stereocenters. The Morgan fingerprint density at radius 1 is 1.47 bits per heavy atom. The zero-order valence-corrected chi connectivity index (χ0v) is 12.1. The van der Waals surface area contributed by atoms with Gasteiger partial charge in [-0.05, 0) is 53.3 Å². The molecule has 0 fully saturated rings. The first kappa shape index (κ1) is 13.2. The first-order chi connectivity index (χ1) is 7.13. The Kier molecular flexibility index (Phi) is 5.87. The highest BCUT2D eigenvalue weighted by atomic mass is 79.9. The van der Waals surface area contributed by atoms with Crippen molar-refractivity contribution in [3.05, 3.63) is 20.8 Å². The lowest BCUT2D eigenvalue weighted by Crippen LogP contribution is -2.27. The van der Waals surface area contributed by atoms with E-state index in [1.807, 2.05) is 11.3 Å². The third-order valence-electron chi connectivity index (χ3n) is 2.68. The summed E-state index contributed by atoms with van der Waals surface area (Å²) in [4.78, 5) is 1.48. The van der Waals surface area contributed by atoms with E-state index in [1.54, 1.807) is 0 Å². The minimum atomic E-state index is 0.741. The van der Waals surface area contributed by atoms with Crippen molar-refractivity contribution < 1.29 is 0 Å². The maximum absolute atomic E-state index is 3.51. The average Bonchev–Trinajstić information content (AvgIpc) is 2.58. The van der Waals surface area contributed by atoms with E-state index < -0.39 is 0 Å². The van der Waals surface area contributed by atoms with Crippen LogP contribution in [0.2, 0.25) is 0 Å². The minimum Gasteiger partial charge on any atom is -0.317 e. The Morgan fingerprint density at radius 3 is 2.67 bits per heavy atom. The van der Waals surface area contributed by atoms with Crippen molar-refractivity contribution in [3.63, 3.8) is 0 Å². The Hall–Kier alpha value is 0.140. The molecule has 3 heteroatoms. The minimum absolute atomic E-state index is 0.741. The van der Waals surface area contributed by atoms with Crippen LogP contribution in [0.4, 0.5) is 0 Å². The predicted molar refractivity (Wildman–Crippen MR) is 72.6 cm³/mol. The molecule has 0 radical (unpaired) electrons. The molecule has 15 heavy (non-hydrogen) atoms. The summed E-state index contributed by atoms with van der Waals surface area (Å²) in [6, 6.07) is 2.24. The predicted octanol–water partition coefficient (Wildman–Crippen LogP) is 3.93. The summed E-state index contributed by atoms with van der Waals surface area (Å²) < 4.78 is 1.22. The molecule has 1 nitrogen and oxygen atoms in total. The lowest BCUT2D eigenvalue weighted by Gasteiger charge is -2.20. The maximum atomic E-state index is 3.51. The van der Waals surface area contributed by atoms with Gasteiger partial charge in [-0.25, -0.2) is 0 Å². The summed E-state index contributed by atoms with van der Waals surface area (Å²) >= 11 is 5.36. The van der Waals surface area contributed by atoms with Crippen LogP contribution in [0.1, 0.15) is 25.6 Å². The van der Waals surface area contributed by atoms with Crippen molar-refractivity contribution in [2.75, 3.05) is 13.1 Å². The summed E-state index contributed by atoms with van der Waals surface area (Å²) in [6.45, 7) is 8.98. The van der Waals surface area contributed by atoms with Gasteiger partial charge in [-0.1, -0.05) is 20.8 Å². The summed E-state index contributed by atoms with van der Waals surface area (Å²) in [5.74, 6) is 1.49. The molecule has 0 aromatic carbocycles. The SMILES string of the molecule is CCNCC(Cc1cc(Br)cs1)C(C)C. The van der Waals surface area contributed by atoms with Gasteiger partial charge in [0, 0.05) is 14.7 Å². The maximum Gasteiger partial charge on any atom is 0.0285 e. The summed E-state index contributed by atoms with van der Waals surface area (Å²) in [5.41, 5.74) is 0. The molecule has 1 heterocycles. The molecule has 0 bridgehead atoms. The Labute approximate surface area is 105 Å². The molecule has 0 aliphatic rings. The molecule has 1 N–H and O–H groups in total. The van der Waals surface area contributed by atoms with E-state index in [9.17, 15) is 0 Å². The van der Waals surface area contributed by atoms with Gasteiger partial charge in [0.1, 0.15) is 0 Å². The second-order valence-electron chi connectivity index (χ2n) is 4.25. The van der Waals surface area contributed by atoms with E-state index in [4.69, 9.17) is 0 Å². The van der Waals surface area contributed by atoms with Gasteiger partial charge in [-0.15, -0.1) is 11.3 Å². The van der Waals surface area contributed by atoms with E-state index in [1.165, 1.54) is 15.8 Å². The Morgan fingerprint density at radius 2 is 2.20 bits per heavy atom. The standard InChI is InChI=1S/C12H20BrNS/c1-4-14-7-10(9(2)3)5-12-6-11(13)8-15-12/h6,8-10,14H,4-5,7H2,1-3H3. The van der Waals surface area contributed by atoms with E-state index >= 15 is 0 Å². The number of rotatable bonds is 6. The monoisotopic (exact) mass is 289 g/mol. The molecule has 86 valence electrons. The summed E-state index contributed by atoms with van der Waals surface area (Å²) in [5, 5.41) is 5.62. The molecule has 0 amide bonds. The van der Waals surface area contributed by atoms with Crippen LogP contribution >= 0.6 is 27.3 Å². The highest BCUT2D eigenvalue weighted by molar-refractivity contribution is 9.10. The van der Waals surface area contributed by atoms with Gasteiger partial charge in [0.2, 0.25) is 0 Å². The third-order valence-corrected chi connectivity index (χ3v) is 4.40. The number of hydrogen-bond donors (Lipinski definition) is 1. The van der Waals surface area contributed by atoms with Crippen molar-refractivity contribution >= 4 is 27.3 Å². The normalized spacial score (nSPS) is 13.4. The van der Waals surface area contributed by atoms with Gasteiger partial charge in [0.05, 0.1) is 0 Å². The first-order valence-corrected chi connectivity index (χ1v) is 7.24. The number of thiophene rings is 1. The van der Waals surface area contributed by atoms with Crippen molar-refractivity contribution in [1.29, 1.82) is 0 Å². The smallest absolute Gasteiger partial charge is 0.0285 e. The molecule has 0 saturated carbocycles. The van der Waals surface area contributed by atoms with Gasteiger partial charge in [0.15, 0.2) is 0 Å². The molecule has 1 unspecified atom stereocenters. The summed E-state index contributed by atoms with van der Waals surface area (Å²) in [6.07, 6.45) is 1.20. The Bertz CT molecular complexity index is 283. The van der Waals surface area contributed by atoms with E-state index in [0.717, 1.165) is 24.9 Å². The molecule has 1 aromatic heterocycles. The fourth-order valence-electron chi connectivity index (χ4n) is 1.59. The molecule has 1 aromatic rings. The van der Waals surface area contributed by atoms with Crippen LogP contribution in [0.5, 0.6) is 0 Å². The molecule has 1 rings (SSSR count). The van der Waals surface area contributed by atoms with E-state index in [-0.39, 0.29) is 0 Å². The van der Waals surface area contributed by atoms with Crippen LogP contribution in [0.25, 0.3) is 0 Å². The van der Waals surface area contributed by atoms with Crippen LogP contribution < -0.4 is 5.32 Å². The average molecular weight is 290 g/mol. The molecule has 0 aliphatic heterocycles. The van der Waals surface area contributed by atoms with Crippen molar-refractivity contribution in [2.24, 2.45) is 11.8 Å². The van der Waals surface area contributed by atoms with E-state index in [0.29, 0.717) is 0 Å². The first-order valence-electron chi connectivity index (χ1n) is 5.57. The topological polar surface area (TPSA) is 12.0 Å². The quantitative estimate of drug-likeness (QED) is 0.837. The molecule has 0 spiro atoms. The lowest BCUT2D eigenvalue weighted by atomic mass is 9.92. The van der Waals surface area contributed by atoms with Gasteiger partial charge in [0.25, 0.3) is 0 Å². The highest BCUT2D eigenvalue weighted by Gasteiger charge is 2.14. The highest BCUT2D eigenvalue weighted by Crippen LogP contribution is 2.24. The van der Waals surface area contributed by atoms with Gasteiger partial charge < -0.3 is 5.32 Å². The largest absolute Gasteiger partial charge is 0.317 e. The summed E-state index contributed by atoms with van der Waals surface area (Å²) in [7, 11) is 0. The van der Waals surface area contributed by atoms with E-state index in [2.05, 4.69) is 53.5 Å². The van der Waals surface area contributed by atoms with Gasteiger partial charge in [-0.2, -0.15) is 0 Å². The number of hydrogen-bond acceptors (Lipinski definition) is 2. The Balaban J connectivity index is 2.50. The van der Waals surface area contributed by atoms with Crippen molar-refractivity contribution in [1.82, 2.24) is 5.32 Å². The van der Waals surface area contributed by atoms with Crippen LogP contribution in [-0.4, -0.2) is 13.1 Å². The molecular weight excluding hydrogens is 270 g/mol. The fourth-order valence-corrected chi connectivity index (χ4v) is 3.14.